The van der Waals surface area contributed by atoms with Crippen molar-refractivity contribution in [1.29, 1.82) is 0 Å². The standard InChI is InChI=1S/C19H22N4O2.ClH/c24-18-15(10-13-4-1-2-6-16(13)22-18)19(25)23-9-8-21-12-17(23)14-5-3-7-20-11-14;/h3,5,7,10-11,17,21H,1-2,4,6,8-9,12H2,(H,22,24);1H. The summed E-state index contributed by atoms with van der Waals surface area (Å²) in [5.74, 6) is -0.190. The van der Waals surface area contributed by atoms with E-state index in [1.807, 2.05) is 18.2 Å². The Morgan fingerprint density at radius 2 is 2.12 bits per heavy atom. The van der Waals surface area contributed by atoms with Gasteiger partial charge in [0.2, 0.25) is 0 Å². The lowest BCUT2D eigenvalue weighted by atomic mass is 9.94. The minimum atomic E-state index is -0.269. The van der Waals surface area contributed by atoms with Gasteiger partial charge in [0.15, 0.2) is 0 Å². The van der Waals surface area contributed by atoms with E-state index in [4.69, 9.17) is 0 Å². The Kier molecular flexibility index (Phi) is 5.74. The summed E-state index contributed by atoms with van der Waals surface area (Å²) in [5, 5.41) is 3.33. The van der Waals surface area contributed by atoms with Crippen molar-refractivity contribution in [2.24, 2.45) is 0 Å². The Balaban J connectivity index is 0.00000196. The summed E-state index contributed by atoms with van der Waals surface area (Å²) in [7, 11) is 0. The van der Waals surface area contributed by atoms with Crippen LogP contribution >= 0.6 is 12.4 Å². The average molecular weight is 375 g/mol. The van der Waals surface area contributed by atoms with Crippen LogP contribution in [-0.4, -0.2) is 40.4 Å². The van der Waals surface area contributed by atoms with Crippen LogP contribution in [0.3, 0.4) is 0 Å². The largest absolute Gasteiger partial charge is 0.329 e. The molecule has 0 aromatic carbocycles. The monoisotopic (exact) mass is 374 g/mol. The molecule has 1 aliphatic carbocycles. The molecule has 2 aliphatic rings. The number of carbonyl (C=O) groups excluding carboxylic acids is 1. The molecular weight excluding hydrogens is 352 g/mol. The summed E-state index contributed by atoms with van der Waals surface area (Å²) in [6.07, 6.45) is 7.54. The second-order valence-corrected chi connectivity index (χ2v) is 6.73. The van der Waals surface area contributed by atoms with E-state index in [0.29, 0.717) is 13.1 Å². The van der Waals surface area contributed by atoms with Crippen LogP contribution in [0.2, 0.25) is 0 Å². The summed E-state index contributed by atoms with van der Waals surface area (Å²) in [6.45, 7) is 1.97. The van der Waals surface area contributed by atoms with Crippen LogP contribution in [0.1, 0.15) is 46.1 Å². The molecule has 2 aromatic heterocycles. The smallest absolute Gasteiger partial charge is 0.261 e. The Bertz CT molecular complexity index is 837. The highest BCUT2D eigenvalue weighted by Gasteiger charge is 2.30. The number of hydrogen-bond acceptors (Lipinski definition) is 4. The molecule has 7 heteroatoms. The molecule has 1 atom stereocenters. The van der Waals surface area contributed by atoms with Crippen LogP contribution in [0, 0.1) is 0 Å². The zero-order valence-electron chi connectivity index (χ0n) is 14.5. The average Bonchev–Trinajstić information content (AvgIpc) is 2.67. The van der Waals surface area contributed by atoms with Gasteiger partial charge < -0.3 is 15.2 Å². The molecule has 1 saturated heterocycles. The fraction of sp³-hybridized carbons (Fsp3) is 0.421. The van der Waals surface area contributed by atoms with E-state index >= 15 is 0 Å². The fourth-order valence-electron chi connectivity index (χ4n) is 3.81. The Morgan fingerprint density at radius 1 is 1.27 bits per heavy atom. The zero-order valence-corrected chi connectivity index (χ0v) is 15.3. The first kappa shape index (κ1) is 18.6. The maximum Gasteiger partial charge on any atom is 0.261 e. The Hall–Kier alpha value is -2.18. The molecule has 1 fully saturated rings. The van der Waals surface area contributed by atoms with E-state index in [-0.39, 0.29) is 35.5 Å². The maximum absolute atomic E-state index is 13.1. The third-order valence-corrected chi connectivity index (χ3v) is 5.14. The predicted molar refractivity (Wildman–Crippen MR) is 102 cm³/mol. The van der Waals surface area contributed by atoms with Gasteiger partial charge in [0.05, 0.1) is 6.04 Å². The van der Waals surface area contributed by atoms with E-state index in [1.54, 1.807) is 17.3 Å². The summed E-state index contributed by atoms with van der Waals surface area (Å²) < 4.78 is 0. The first-order valence-corrected chi connectivity index (χ1v) is 8.91. The number of halogens is 1. The van der Waals surface area contributed by atoms with Crippen molar-refractivity contribution in [3.63, 3.8) is 0 Å². The van der Waals surface area contributed by atoms with Crippen LogP contribution < -0.4 is 10.9 Å². The normalized spacial score (nSPS) is 19.4. The van der Waals surface area contributed by atoms with Gasteiger partial charge in [-0.15, -0.1) is 12.4 Å². The highest BCUT2D eigenvalue weighted by atomic mass is 35.5. The zero-order chi connectivity index (χ0) is 17.2. The van der Waals surface area contributed by atoms with E-state index in [9.17, 15) is 9.59 Å². The number of nitrogens with one attached hydrogen (secondary N) is 2. The van der Waals surface area contributed by atoms with E-state index < -0.39 is 0 Å². The molecule has 0 saturated carbocycles. The number of rotatable bonds is 2. The van der Waals surface area contributed by atoms with Crippen molar-refractivity contribution in [2.45, 2.75) is 31.7 Å². The lowest BCUT2D eigenvalue weighted by Crippen LogP contribution is -2.49. The van der Waals surface area contributed by atoms with Crippen molar-refractivity contribution in [1.82, 2.24) is 20.2 Å². The lowest BCUT2D eigenvalue weighted by Gasteiger charge is -2.36. The van der Waals surface area contributed by atoms with Gasteiger partial charge in [-0.1, -0.05) is 6.07 Å². The van der Waals surface area contributed by atoms with Crippen LogP contribution in [0.25, 0.3) is 0 Å². The van der Waals surface area contributed by atoms with Gasteiger partial charge >= 0.3 is 0 Å². The lowest BCUT2D eigenvalue weighted by molar-refractivity contribution is 0.0632. The molecule has 0 bridgehead atoms. The molecule has 1 amide bonds. The number of aromatic amines is 1. The van der Waals surface area contributed by atoms with E-state index in [1.165, 1.54) is 0 Å². The third kappa shape index (κ3) is 3.52. The predicted octanol–water partition coefficient (Wildman–Crippen LogP) is 1.86. The molecule has 0 spiro atoms. The van der Waals surface area contributed by atoms with Gasteiger partial charge in [0, 0.05) is 37.7 Å². The molecule has 2 N–H and O–H groups in total. The second kappa shape index (κ2) is 8.01. The van der Waals surface area contributed by atoms with Gasteiger partial charge in [-0.2, -0.15) is 0 Å². The van der Waals surface area contributed by atoms with Crippen molar-refractivity contribution in [2.75, 3.05) is 19.6 Å². The summed E-state index contributed by atoms with van der Waals surface area (Å²) in [6, 6.07) is 5.56. The number of carbonyl (C=O) groups is 1. The molecule has 3 heterocycles. The summed E-state index contributed by atoms with van der Waals surface area (Å²) >= 11 is 0. The number of amides is 1. The third-order valence-electron chi connectivity index (χ3n) is 5.14. The number of hydrogen-bond donors (Lipinski definition) is 2. The van der Waals surface area contributed by atoms with Crippen LogP contribution in [-0.2, 0) is 12.8 Å². The molecule has 1 aliphatic heterocycles. The number of pyridine rings is 2. The molecule has 2 aromatic rings. The first-order chi connectivity index (χ1) is 12.2. The van der Waals surface area contributed by atoms with E-state index in [0.717, 1.165) is 49.0 Å². The molecule has 4 rings (SSSR count). The van der Waals surface area contributed by atoms with Gasteiger partial charge in [-0.05, 0) is 48.9 Å². The SMILES string of the molecule is Cl.O=C(c1cc2c([nH]c1=O)CCCC2)N1CCNCC1c1cccnc1. The Labute approximate surface area is 158 Å². The number of piperazine rings is 1. The summed E-state index contributed by atoms with van der Waals surface area (Å²) in [5.41, 5.74) is 3.09. The Morgan fingerprint density at radius 3 is 2.92 bits per heavy atom. The number of nitrogens with zero attached hydrogens (tertiary/aromatic N) is 2. The highest BCUT2D eigenvalue weighted by molar-refractivity contribution is 5.94. The van der Waals surface area contributed by atoms with E-state index in [2.05, 4.69) is 15.3 Å². The van der Waals surface area contributed by atoms with Crippen LogP contribution in [0.5, 0.6) is 0 Å². The minimum absolute atomic E-state index is 0. The van der Waals surface area contributed by atoms with Crippen molar-refractivity contribution in [3.05, 3.63) is 63.3 Å². The quantitative estimate of drug-likeness (QED) is 0.841. The topological polar surface area (TPSA) is 78.1 Å². The second-order valence-electron chi connectivity index (χ2n) is 6.73. The minimum Gasteiger partial charge on any atom is -0.329 e. The molecule has 138 valence electrons. The first-order valence-electron chi connectivity index (χ1n) is 8.91. The van der Waals surface area contributed by atoms with Gasteiger partial charge in [-0.25, -0.2) is 0 Å². The van der Waals surface area contributed by atoms with Crippen molar-refractivity contribution in [3.8, 4) is 0 Å². The molecule has 0 radical (unpaired) electrons. The number of aromatic nitrogens is 2. The van der Waals surface area contributed by atoms with Gasteiger partial charge in [0.25, 0.3) is 11.5 Å². The van der Waals surface area contributed by atoms with Crippen LogP contribution in [0.15, 0.2) is 35.4 Å². The maximum atomic E-state index is 13.1. The molecular formula is C19H23ClN4O2. The number of aryl methyl sites for hydroxylation is 2. The van der Waals surface area contributed by atoms with Crippen LogP contribution in [0.4, 0.5) is 0 Å². The van der Waals surface area contributed by atoms with Gasteiger partial charge in [-0.3, -0.25) is 14.6 Å². The van der Waals surface area contributed by atoms with Crippen molar-refractivity contribution < 1.29 is 4.79 Å². The fourth-order valence-corrected chi connectivity index (χ4v) is 3.81. The molecule has 6 nitrogen and oxygen atoms in total. The number of fused-ring (bicyclic) bond motifs is 1. The summed E-state index contributed by atoms with van der Waals surface area (Å²) in [4.78, 5) is 34.5. The molecule has 1 unspecified atom stereocenters. The molecule has 26 heavy (non-hydrogen) atoms. The highest BCUT2D eigenvalue weighted by Crippen LogP contribution is 2.24. The van der Waals surface area contributed by atoms with Gasteiger partial charge in [0.1, 0.15) is 5.56 Å². The van der Waals surface area contributed by atoms with Crippen molar-refractivity contribution >= 4 is 18.3 Å². The number of H-pyrrole nitrogens is 1.